The number of thiazole rings is 1. The van der Waals surface area contributed by atoms with Crippen LogP contribution in [-0.2, 0) is 10.5 Å². The first kappa shape index (κ1) is 25.4. The van der Waals surface area contributed by atoms with Crippen molar-refractivity contribution in [2.24, 2.45) is 0 Å². The lowest BCUT2D eigenvalue weighted by Crippen LogP contribution is -2.31. The van der Waals surface area contributed by atoms with Crippen molar-refractivity contribution < 1.29 is 14.7 Å². The number of aryl methyl sites for hydroxylation is 2. The number of anilines is 1. The van der Waals surface area contributed by atoms with E-state index >= 15 is 0 Å². The molecule has 5 aromatic rings. The molecular weight excluding hydrogens is 549 g/mol. The minimum Gasteiger partial charge on any atom is -0.503 e. The van der Waals surface area contributed by atoms with Gasteiger partial charge in [0.05, 0.1) is 27.2 Å². The Morgan fingerprint density at radius 3 is 2.49 bits per heavy atom. The first-order chi connectivity index (χ1) is 18.9. The number of aliphatic hydroxyl groups is 1. The van der Waals surface area contributed by atoms with Crippen LogP contribution in [-0.4, -0.2) is 32.0 Å². The summed E-state index contributed by atoms with van der Waals surface area (Å²) in [5.74, 6) is -0.966. The number of hydrogen-bond donors (Lipinski definition) is 1. The minimum absolute atomic E-state index is 0.0260. The molecular formula is C29H22N4O3S3. The number of nitrogens with zero attached hydrogens (tertiary/aromatic N) is 4. The average molecular weight is 571 g/mol. The molecule has 0 aliphatic carbocycles. The lowest BCUT2D eigenvalue weighted by molar-refractivity contribution is -0.117. The fourth-order valence-corrected chi connectivity index (χ4v) is 7.51. The van der Waals surface area contributed by atoms with E-state index in [0.29, 0.717) is 31.4 Å². The first-order valence-corrected chi connectivity index (χ1v) is 14.8. The maximum atomic E-state index is 13.7. The van der Waals surface area contributed by atoms with E-state index in [1.54, 1.807) is 6.92 Å². The number of thioether (sulfide) groups is 1. The van der Waals surface area contributed by atoms with Gasteiger partial charge >= 0.3 is 0 Å². The number of rotatable bonds is 7. The highest BCUT2D eigenvalue weighted by atomic mass is 32.2. The van der Waals surface area contributed by atoms with Gasteiger partial charge < -0.3 is 5.11 Å². The molecule has 0 saturated heterocycles. The van der Waals surface area contributed by atoms with Crippen LogP contribution in [0.25, 0.3) is 10.8 Å². The Labute approximate surface area is 236 Å². The number of aromatic nitrogens is 3. The third kappa shape index (κ3) is 4.64. The van der Waals surface area contributed by atoms with Crippen molar-refractivity contribution in [1.82, 2.24) is 15.2 Å². The topological polar surface area (TPSA) is 96.3 Å². The van der Waals surface area contributed by atoms with Crippen LogP contribution >= 0.6 is 34.4 Å². The van der Waals surface area contributed by atoms with Crippen LogP contribution in [0.15, 0.2) is 88.5 Å². The van der Waals surface area contributed by atoms with Gasteiger partial charge in [0.25, 0.3) is 5.91 Å². The highest BCUT2D eigenvalue weighted by Gasteiger charge is 2.46. The molecule has 1 aliphatic rings. The number of fused-ring (bicyclic) bond motifs is 1. The van der Waals surface area contributed by atoms with E-state index in [0.717, 1.165) is 5.01 Å². The molecule has 7 nitrogen and oxygen atoms in total. The van der Waals surface area contributed by atoms with Gasteiger partial charge in [-0.15, -0.1) is 21.5 Å². The monoisotopic (exact) mass is 570 g/mol. The molecule has 0 saturated carbocycles. The van der Waals surface area contributed by atoms with E-state index < -0.39 is 23.5 Å². The maximum absolute atomic E-state index is 13.7. The number of aliphatic hydroxyl groups excluding tert-OH is 1. The fraction of sp³-hybridized carbons (Fsp3) is 0.138. The summed E-state index contributed by atoms with van der Waals surface area (Å²) in [6, 6.07) is 22.8. The van der Waals surface area contributed by atoms with Gasteiger partial charge in [-0.3, -0.25) is 14.5 Å². The minimum atomic E-state index is -0.836. The third-order valence-electron chi connectivity index (χ3n) is 6.51. The summed E-state index contributed by atoms with van der Waals surface area (Å²) in [5, 5.41) is 23.1. The van der Waals surface area contributed by atoms with Gasteiger partial charge in [0.2, 0.25) is 10.9 Å². The maximum Gasteiger partial charge on any atom is 0.296 e. The van der Waals surface area contributed by atoms with E-state index in [4.69, 9.17) is 0 Å². The molecule has 2 aromatic heterocycles. The summed E-state index contributed by atoms with van der Waals surface area (Å²) in [4.78, 5) is 33.3. The molecule has 194 valence electrons. The summed E-state index contributed by atoms with van der Waals surface area (Å²) in [6.45, 7) is 3.58. The van der Waals surface area contributed by atoms with Gasteiger partial charge in [-0.1, -0.05) is 95.9 Å². The number of carbonyl (C=O) groups excluding carboxylic acids is 2. The number of hydrogen-bond acceptors (Lipinski definition) is 9. The Bertz CT molecular complexity index is 1750. The Morgan fingerprint density at radius 2 is 1.72 bits per heavy atom. The molecule has 10 heteroatoms. The molecule has 0 bridgehead atoms. The van der Waals surface area contributed by atoms with E-state index in [1.807, 2.05) is 55.5 Å². The number of amides is 1. The quantitative estimate of drug-likeness (QED) is 0.130. The second-order valence-electron chi connectivity index (χ2n) is 9.00. The van der Waals surface area contributed by atoms with E-state index in [-0.39, 0.29) is 5.57 Å². The zero-order chi connectivity index (χ0) is 27.1. The molecule has 1 N–H and O–H groups in total. The number of carbonyl (C=O) groups is 2. The SMILES string of the molecule is Cc1nc(C)c(C(=O)C2=C(O)C(=O)N(c3nnc(SCc4cccc5ccccc45)s3)C2c2ccccc2)s1. The Morgan fingerprint density at radius 1 is 0.974 bits per heavy atom. The van der Waals surface area contributed by atoms with Crippen LogP contribution in [0.5, 0.6) is 0 Å². The lowest BCUT2D eigenvalue weighted by Gasteiger charge is -2.23. The van der Waals surface area contributed by atoms with Crippen molar-refractivity contribution in [2.45, 2.75) is 30.0 Å². The molecule has 1 aliphatic heterocycles. The zero-order valence-corrected chi connectivity index (χ0v) is 23.4. The van der Waals surface area contributed by atoms with Gasteiger partial charge in [0, 0.05) is 5.75 Å². The van der Waals surface area contributed by atoms with Gasteiger partial charge in [-0.05, 0) is 35.7 Å². The highest BCUT2D eigenvalue weighted by Crippen LogP contribution is 2.44. The average Bonchev–Trinajstić information content (AvgIpc) is 3.63. The first-order valence-electron chi connectivity index (χ1n) is 12.2. The van der Waals surface area contributed by atoms with Crippen molar-refractivity contribution in [3.8, 4) is 0 Å². The zero-order valence-electron chi connectivity index (χ0n) is 21.0. The smallest absolute Gasteiger partial charge is 0.296 e. The van der Waals surface area contributed by atoms with Gasteiger partial charge in [-0.25, -0.2) is 4.98 Å². The Balaban J connectivity index is 1.33. The van der Waals surface area contributed by atoms with Crippen molar-refractivity contribution in [2.75, 3.05) is 4.90 Å². The molecule has 1 amide bonds. The fourth-order valence-electron chi connectivity index (χ4n) is 4.77. The summed E-state index contributed by atoms with van der Waals surface area (Å²) in [6.07, 6.45) is 0. The van der Waals surface area contributed by atoms with Crippen LogP contribution < -0.4 is 4.90 Å². The molecule has 3 heterocycles. The lowest BCUT2D eigenvalue weighted by atomic mass is 9.95. The summed E-state index contributed by atoms with van der Waals surface area (Å²) in [7, 11) is 0. The Kier molecular flexibility index (Phi) is 6.76. The second-order valence-corrected chi connectivity index (χ2v) is 12.4. The van der Waals surface area contributed by atoms with Crippen molar-refractivity contribution >= 4 is 62.0 Å². The summed E-state index contributed by atoms with van der Waals surface area (Å²) in [5.41, 5.74) is 2.47. The van der Waals surface area contributed by atoms with Crippen LogP contribution in [0.4, 0.5) is 5.13 Å². The third-order valence-corrected chi connectivity index (χ3v) is 9.69. The van der Waals surface area contributed by atoms with Gasteiger partial charge in [-0.2, -0.15) is 0 Å². The number of benzene rings is 3. The van der Waals surface area contributed by atoms with Crippen LogP contribution in [0.2, 0.25) is 0 Å². The highest BCUT2D eigenvalue weighted by molar-refractivity contribution is 8.00. The van der Waals surface area contributed by atoms with Crippen molar-refractivity contribution in [3.63, 3.8) is 0 Å². The van der Waals surface area contributed by atoms with E-state index in [9.17, 15) is 14.7 Å². The largest absolute Gasteiger partial charge is 0.503 e. The van der Waals surface area contributed by atoms with Gasteiger partial charge in [0.15, 0.2) is 10.1 Å². The molecule has 0 radical (unpaired) electrons. The van der Waals surface area contributed by atoms with Crippen molar-refractivity contribution in [1.29, 1.82) is 0 Å². The van der Waals surface area contributed by atoms with Gasteiger partial charge in [0.1, 0.15) is 0 Å². The molecule has 0 spiro atoms. The normalized spacial score (nSPS) is 15.5. The predicted octanol–water partition coefficient (Wildman–Crippen LogP) is 6.84. The molecule has 1 unspecified atom stereocenters. The molecule has 3 aromatic carbocycles. The van der Waals surface area contributed by atoms with E-state index in [1.165, 1.54) is 55.7 Å². The standard InChI is InChI=1S/C29H22N4O3S3/c1-16-26(38-17(2)30-16)24(34)22-23(19-10-4-3-5-11-19)33(27(36)25(22)35)28-31-32-29(39-28)37-15-20-13-8-12-18-9-6-7-14-21(18)20/h3-14,23,35H,15H2,1-2H3. The summed E-state index contributed by atoms with van der Waals surface area (Å²) >= 11 is 4.05. The van der Waals surface area contributed by atoms with E-state index in [2.05, 4.69) is 39.4 Å². The molecule has 6 rings (SSSR count). The molecule has 39 heavy (non-hydrogen) atoms. The molecule has 0 fully saturated rings. The number of Topliss-reactive ketones (excluding diaryl/α,β-unsaturated/α-hetero) is 1. The van der Waals surface area contributed by atoms with Crippen molar-refractivity contribution in [3.05, 3.63) is 111 Å². The second kappa shape index (κ2) is 10.4. The molecule has 1 atom stereocenters. The summed E-state index contributed by atoms with van der Waals surface area (Å²) < 4.78 is 0.686. The van der Waals surface area contributed by atoms with Crippen LogP contribution in [0.3, 0.4) is 0 Å². The van der Waals surface area contributed by atoms with Crippen LogP contribution in [0, 0.1) is 13.8 Å². The predicted molar refractivity (Wildman–Crippen MR) is 156 cm³/mol. The number of ketones is 1. The van der Waals surface area contributed by atoms with Crippen LogP contribution in [0.1, 0.15) is 37.5 Å². The Hall–Kier alpha value is -3.86.